The van der Waals surface area contributed by atoms with Crippen LogP contribution in [0, 0.1) is 12.7 Å². The van der Waals surface area contributed by atoms with Gasteiger partial charge in [-0.05, 0) is 60.3 Å². The number of nitrogens with zero attached hydrogens (tertiary/aromatic N) is 2. The van der Waals surface area contributed by atoms with Gasteiger partial charge in [-0.2, -0.15) is 0 Å². The number of ether oxygens (including phenoxy) is 1. The van der Waals surface area contributed by atoms with Crippen LogP contribution >= 0.6 is 0 Å². The van der Waals surface area contributed by atoms with E-state index in [0.29, 0.717) is 34.0 Å². The highest BCUT2D eigenvalue weighted by Crippen LogP contribution is 2.30. The number of carbonyl (C=O) groups excluding carboxylic acids is 1. The van der Waals surface area contributed by atoms with Crippen LogP contribution in [-0.4, -0.2) is 27.4 Å². The highest BCUT2D eigenvalue weighted by Gasteiger charge is 2.21. The number of amides is 1. The zero-order valence-corrected chi connectivity index (χ0v) is 17.8. The number of halogens is 1. The number of carbonyl (C=O) groups is 1. The van der Waals surface area contributed by atoms with E-state index in [0.717, 1.165) is 17.0 Å². The second-order valence-electron chi connectivity index (χ2n) is 7.62. The van der Waals surface area contributed by atoms with Gasteiger partial charge in [0.15, 0.2) is 0 Å². The molecule has 3 aromatic heterocycles. The average Bonchev–Trinajstić information content (AvgIpc) is 3.17. The van der Waals surface area contributed by atoms with Gasteiger partial charge in [0, 0.05) is 17.8 Å². The highest BCUT2D eigenvalue weighted by molar-refractivity contribution is 6.06. The van der Waals surface area contributed by atoms with E-state index in [1.807, 2.05) is 25.1 Å². The van der Waals surface area contributed by atoms with Crippen molar-refractivity contribution in [3.05, 3.63) is 94.2 Å². The van der Waals surface area contributed by atoms with Crippen LogP contribution in [0.2, 0.25) is 0 Å². The topological polar surface area (TPSA) is 88.5 Å². The Labute approximate surface area is 187 Å². The number of aryl methyl sites for hydroxylation is 1. The SMILES string of the molecule is COc1ccc2cc(-c3nc4c(C)cccn4c3NC(=O)c3cccc(F)c3)c(=O)[nH]c2c1. The summed E-state index contributed by atoms with van der Waals surface area (Å²) < 4.78 is 20.6. The second kappa shape index (κ2) is 7.90. The summed E-state index contributed by atoms with van der Waals surface area (Å²) in [5.41, 5.74) is 2.48. The van der Waals surface area contributed by atoms with E-state index < -0.39 is 11.7 Å². The fourth-order valence-corrected chi connectivity index (χ4v) is 3.80. The van der Waals surface area contributed by atoms with Crippen LogP contribution in [0.3, 0.4) is 0 Å². The Morgan fingerprint density at radius 3 is 2.76 bits per heavy atom. The second-order valence-corrected chi connectivity index (χ2v) is 7.62. The lowest BCUT2D eigenvalue weighted by Gasteiger charge is -2.09. The van der Waals surface area contributed by atoms with Crippen LogP contribution in [0.1, 0.15) is 15.9 Å². The molecule has 0 aliphatic rings. The minimum Gasteiger partial charge on any atom is -0.497 e. The van der Waals surface area contributed by atoms with Gasteiger partial charge in [0.2, 0.25) is 0 Å². The van der Waals surface area contributed by atoms with Crippen molar-refractivity contribution in [2.75, 3.05) is 12.4 Å². The van der Waals surface area contributed by atoms with Gasteiger partial charge in [0.05, 0.1) is 18.2 Å². The monoisotopic (exact) mass is 442 g/mol. The number of H-pyrrole nitrogens is 1. The first kappa shape index (κ1) is 20.4. The molecule has 0 unspecified atom stereocenters. The Hall–Kier alpha value is -4.46. The number of imidazole rings is 1. The summed E-state index contributed by atoms with van der Waals surface area (Å²) in [6, 6.07) is 16.2. The summed E-state index contributed by atoms with van der Waals surface area (Å²) in [5, 5.41) is 3.60. The number of pyridine rings is 2. The van der Waals surface area contributed by atoms with E-state index in [9.17, 15) is 14.0 Å². The van der Waals surface area contributed by atoms with Crippen LogP contribution < -0.4 is 15.6 Å². The first-order valence-corrected chi connectivity index (χ1v) is 10.2. The van der Waals surface area contributed by atoms with Crippen molar-refractivity contribution in [2.45, 2.75) is 6.92 Å². The van der Waals surface area contributed by atoms with E-state index in [-0.39, 0.29) is 11.1 Å². The summed E-state index contributed by atoms with van der Waals surface area (Å²) in [4.78, 5) is 33.5. The van der Waals surface area contributed by atoms with Crippen molar-refractivity contribution in [1.29, 1.82) is 0 Å². The summed E-state index contributed by atoms with van der Waals surface area (Å²) >= 11 is 0. The Bertz CT molecular complexity index is 1600. The van der Waals surface area contributed by atoms with Crippen molar-refractivity contribution >= 4 is 28.3 Å². The van der Waals surface area contributed by atoms with Crippen LogP contribution in [0.4, 0.5) is 10.2 Å². The lowest BCUT2D eigenvalue weighted by molar-refractivity contribution is 0.102. The summed E-state index contributed by atoms with van der Waals surface area (Å²) in [6.07, 6.45) is 1.75. The molecule has 2 N–H and O–H groups in total. The van der Waals surface area contributed by atoms with Gasteiger partial charge in [-0.25, -0.2) is 9.37 Å². The summed E-state index contributed by atoms with van der Waals surface area (Å²) in [6.45, 7) is 1.89. The lowest BCUT2D eigenvalue weighted by Crippen LogP contribution is -2.16. The fraction of sp³-hybridized carbons (Fsp3) is 0.0800. The highest BCUT2D eigenvalue weighted by atomic mass is 19.1. The Kier molecular flexibility index (Phi) is 4.90. The third kappa shape index (κ3) is 3.61. The quantitative estimate of drug-likeness (QED) is 0.427. The zero-order valence-electron chi connectivity index (χ0n) is 17.8. The molecule has 0 aliphatic carbocycles. The van der Waals surface area contributed by atoms with Crippen LogP contribution in [0.5, 0.6) is 5.75 Å². The first-order valence-electron chi connectivity index (χ1n) is 10.2. The smallest absolute Gasteiger partial charge is 0.258 e. The van der Waals surface area contributed by atoms with Gasteiger partial charge in [-0.3, -0.25) is 14.0 Å². The zero-order chi connectivity index (χ0) is 23.1. The molecule has 0 atom stereocenters. The van der Waals surface area contributed by atoms with Crippen molar-refractivity contribution in [1.82, 2.24) is 14.4 Å². The maximum atomic E-state index is 13.7. The van der Waals surface area contributed by atoms with Gasteiger partial charge in [0.1, 0.15) is 28.7 Å². The maximum Gasteiger partial charge on any atom is 0.258 e. The number of fused-ring (bicyclic) bond motifs is 2. The molecule has 0 radical (unpaired) electrons. The summed E-state index contributed by atoms with van der Waals surface area (Å²) in [5.74, 6) is -0.0853. The van der Waals surface area contributed by atoms with E-state index in [1.165, 1.54) is 18.2 Å². The molecule has 2 aromatic carbocycles. The third-order valence-corrected chi connectivity index (χ3v) is 5.47. The van der Waals surface area contributed by atoms with Crippen molar-refractivity contribution in [3.8, 4) is 17.0 Å². The lowest BCUT2D eigenvalue weighted by atomic mass is 10.1. The average molecular weight is 442 g/mol. The minimum atomic E-state index is -0.515. The van der Waals surface area contributed by atoms with Crippen LogP contribution in [-0.2, 0) is 0 Å². The van der Waals surface area contributed by atoms with Gasteiger partial charge in [-0.15, -0.1) is 0 Å². The molecule has 0 bridgehead atoms. The molecule has 7 nitrogen and oxygen atoms in total. The van der Waals surface area contributed by atoms with E-state index in [1.54, 1.807) is 35.9 Å². The fourth-order valence-electron chi connectivity index (χ4n) is 3.80. The molecule has 0 saturated carbocycles. The van der Waals surface area contributed by atoms with Gasteiger partial charge in [0.25, 0.3) is 11.5 Å². The molecule has 8 heteroatoms. The van der Waals surface area contributed by atoms with Crippen LogP contribution in [0.25, 0.3) is 27.8 Å². The van der Waals surface area contributed by atoms with Crippen LogP contribution in [0.15, 0.2) is 71.7 Å². The molecule has 0 fully saturated rings. The number of methoxy groups -OCH3 is 1. The van der Waals surface area contributed by atoms with E-state index >= 15 is 0 Å². The number of hydrogen-bond donors (Lipinski definition) is 2. The largest absolute Gasteiger partial charge is 0.497 e. The number of nitrogens with one attached hydrogen (secondary N) is 2. The molecule has 0 saturated heterocycles. The number of anilines is 1. The molecular weight excluding hydrogens is 423 g/mol. The van der Waals surface area contributed by atoms with E-state index in [2.05, 4.69) is 15.3 Å². The molecule has 5 rings (SSSR count). The van der Waals surface area contributed by atoms with E-state index in [4.69, 9.17) is 4.74 Å². The van der Waals surface area contributed by atoms with Crippen molar-refractivity contribution < 1.29 is 13.9 Å². The molecule has 33 heavy (non-hydrogen) atoms. The number of aromatic amines is 1. The Morgan fingerprint density at radius 2 is 1.97 bits per heavy atom. The molecule has 0 spiro atoms. The molecule has 0 aliphatic heterocycles. The Balaban J connectivity index is 1.70. The normalized spacial score (nSPS) is 11.1. The maximum absolute atomic E-state index is 13.7. The number of hydrogen-bond acceptors (Lipinski definition) is 4. The predicted molar refractivity (Wildman–Crippen MR) is 124 cm³/mol. The molecular formula is C25H19FN4O3. The summed E-state index contributed by atoms with van der Waals surface area (Å²) in [7, 11) is 1.56. The minimum absolute atomic E-state index is 0.156. The van der Waals surface area contributed by atoms with Crippen molar-refractivity contribution in [2.24, 2.45) is 0 Å². The number of rotatable bonds is 4. The molecule has 3 heterocycles. The Morgan fingerprint density at radius 1 is 1.12 bits per heavy atom. The standard InChI is InChI=1S/C25H19FN4O3/c1-14-5-4-10-30-22(14)28-21(23(30)29-24(31)16-6-3-7-17(26)11-16)19-12-15-8-9-18(33-2)13-20(15)27-25(19)32/h3-13H,1-2H3,(H,27,32)(H,29,31). The third-order valence-electron chi connectivity index (χ3n) is 5.47. The molecule has 1 amide bonds. The van der Waals surface area contributed by atoms with Gasteiger partial charge in [-0.1, -0.05) is 12.1 Å². The van der Waals surface area contributed by atoms with Crippen molar-refractivity contribution in [3.63, 3.8) is 0 Å². The van der Waals surface area contributed by atoms with Gasteiger partial charge >= 0.3 is 0 Å². The molecule has 5 aromatic rings. The molecule has 164 valence electrons. The first-order chi connectivity index (χ1) is 15.9. The predicted octanol–water partition coefficient (Wildman–Crippen LogP) is 4.55. The number of benzene rings is 2. The number of aromatic nitrogens is 3. The van der Waals surface area contributed by atoms with Gasteiger partial charge < -0.3 is 15.0 Å².